The standard InChI is InChI=1S/C17H19ClN2O3S/c1-17(2,3)11-4-7-13(8-5-11)24(22,23)20-15-9-6-12(18)10-14(15)16(19)21/h4-10,20H,1-3H3,(H2,19,21). The van der Waals surface area contributed by atoms with Crippen LogP contribution in [0.3, 0.4) is 0 Å². The second-order valence-electron chi connectivity index (χ2n) is 6.43. The lowest BCUT2D eigenvalue weighted by Crippen LogP contribution is -2.19. The zero-order valence-electron chi connectivity index (χ0n) is 13.6. The van der Waals surface area contributed by atoms with Crippen LogP contribution in [-0.4, -0.2) is 14.3 Å². The lowest BCUT2D eigenvalue weighted by atomic mass is 9.87. The molecule has 0 radical (unpaired) electrons. The Morgan fingerprint density at radius 3 is 2.17 bits per heavy atom. The van der Waals surface area contributed by atoms with Crippen molar-refractivity contribution >= 4 is 33.2 Å². The van der Waals surface area contributed by atoms with Gasteiger partial charge in [0.15, 0.2) is 0 Å². The lowest BCUT2D eigenvalue weighted by molar-refractivity contribution is 0.100. The number of carbonyl (C=O) groups is 1. The Kier molecular flexibility index (Phi) is 4.92. The van der Waals surface area contributed by atoms with Crippen LogP contribution in [0.1, 0.15) is 36.7 Å². The van der Waals surface area contributed by atoms with Gasteiger partial charge in [0.1, 0.15) is 0 Å². The lowest BCUT2D eigenvalue weighted by Gasteiger charge is -2.19. The first-order valence-electron chi connectivity index (χ1n) is 7.23. The Hall–Kier alpha value is -2.05. The number of halogens is 1. The molecule has 0 aromatic heterocycles. The molecule has 0 aliphatic heterocycles. The van der Waals surface area contributed by atoms with Crippen LogP contribution >= 0.6 is 11.6 Å². The second-order valence-corrected chi connectivity index (χ2v) is 8.55. The van der Waals surface area contributed by atoms with Crippen LogP contribution in [0.15, 0.2) is 47.4 Å². The molecule has 128 valence electrons. The highest BCUT2D eigenvalue weighted by Gasteiger charge is 2.20. The Bertz CT molecular complexity index is 870. The molecule has 3 N–H and O–H groups in total. The van der Waals surface area contributed by atoms with E-state index in [-0.39, 0.29) is 21.6 Å². The Labute approximate surface area is 146 Å². The Morgan fingerprint density at radius 2 is 1.67 bits per heavy atom. The smallest absolute Gasteiger partial charge is 0.261 e. The fourth-order valence-corrected chi connectivity index (χ4v) is 3.40. The van der Waals surface area contributed by atoms with Crippen molar-refractivity contribution in [3.05, 3.63) is 58.6 Å². The van der Waals surface area contributed by atoms with Crippen LogP contribution in [0.4, 0.5) is 5.69 Å². The Morgan fingerprint density at radius 1 is 1.08 bits per heavy atom. The van der Waals surface area contributed by atoms with Gasteiger partial charge in [0, 0.05) is 5.02 Å². The van der Waals surface area contributed by atoms with Gasteiger partial charge in [-0.3, -0.25) is 9.52 Å². The van der Waals surface area contributed by atoms with E-state index in [1.54, 1.807) is 12.1 Å². The first-order chi connectivity index (χ1) is 11.0. The predicted molar refractivity (Wildman–Crippen MR) is 95.9 cm³/mol. The summed E-state index contributed by atoms with van der Waals surface area (Å²) in [6, 6.07) is 10.8. The molecule has 2 aromatic rings. The molecular weight excluding hydrogens is 348 g/mol. The quantitative estimate of drug-likeness (QED) is 0.867. The van der Waals surface area contributed by atoms with E-state index in [1.807, 2.05) is 20.8 Å². The number of amides is 1. The zero-order valence-corrected chi connectivity index (χ0v) is 15.2. The van der Waals surface area contributed by atoms with Crippen LogP contribution in [0.5, 0.6) is 0 Å². The highest BCUT2D eigenvalue weighted by molar-refractivity contribution is 7.92. The average Bonchev–Trinajstić information content (AvgIpc) is 2.48. The summed E-state index contributed by atoms with van der Waals surface area (Å²) in [5.74, 6) is -0.765. The van der Waals surface area contributed by atoms with E-state index in [1.165, 1.54) is 30.3 Å². The number of primary amides is 1. The molecule has 24 heavy (non-hydrogen) atoms. The predicted octanol–water partition coefficient (Wildman–Crippen LogP) is 3.54. The second kappa shape index (κ2) is 6.45. The molecule has 0 saturated carbocycles. The van der Waals surface area contributed by atoms with Crippen LogP contribution in [0, 0.1) is 0 Å². The molecule has 0 spiro atoms. The highest BCUT2D eigenvalue weighted by atomic mass is 35.5. The van der Waals surface area contributed by atoms with Crippen LogP contribution < -0.4 is 10.5 Å². The normalized spacial score (nSPS) is 12.0. The largest absolute Gasteiger partial charge is 0.366 e. The molecule has 0 fully saturated rings. The van der Waals surface area contributed by atoms with Gasteiger partial charge in [0.25, 0.3) is 15.9 Å². The topological polar surface area (TPSA) is 89.3 Å². The molecule has 0 aliphatic rings. The van der Waals surface area contributed by atoms with Gasteiger partial charge in [-0.05, 0) is 41.3 Å². The van der Waals surface area contributed by atoms with Crippen LogP contribution in [-0.2, 0) is 15.4 Å². The molecule has 0 bridgehead atoms. The number of sulfonamides is 1. The van der Waals surface area contributed by atoms with Gasteiger partial charge in [0.05, 0.1) is 16.1 Å². The fraction of sp³-hybridized carbons (Fsp3) is 0.235. The summed E-state index contributed by atoms with van der Waals surface area (Å²) in [6.45, 7) is 6.13. The third kappa shape index (κ3) is 4.07. The number of rotatable bonds is 4. The summed E-state index contributed by atoms with van der Waals surface area (Å²) >= 11 is 5.82. The van der Waals surface area contributed by atoms with E-state index in [0.717, 1.165) is 5.56 Å². The molecule has 0 aliphatic carbocycles. The molecule has 0 unspecified atom stereocenters. The van der Waals surface area contributed by atoms with Gasteiger partial charge in [-0.25, -0.2) is 8.42 Å². The van der Waals surface area contributed by atoms with Gasteiger partial charge in [-0.1, -0.05) is 44.5 Å². The van der Waals surface area contributed by atoms with E-state index < -0.39 is 15.9 Å². The van der Waals surface area contributed by atoms with Crippen molar-refractivity contribution < 1.29 is 13.2 Å². The number of benzene rings is 2. The van der Waals surface area contributed by atoms with Gasteiger partial charge in [0.2, 0.25) is 0 Å². The monoisotopic (exact) mass is 366 g/mol. The number of nitrogens with two attached hydrogens (primary N) is 1. The zero-order chi connectivity index (χ0) is 18.1. The molecule has 2 rings (SSSR count). The van der Waals surface area contributed by atoms with Crippen molar-refractivity contribution in [1.29, 1.82) is 0 Å². The molecular formula is C17H19ClN2O3S. The average molecular weight is 367 g/mol. The Balaban J connectivity index is 2.37. The minimum absolute atomic E-state index is 0.0115. The summed E-state index contributed by atoms with van der Waals surface area (Å²) in [6.07, 6.45) is 0. The van der Waals surface area contributed by atoms with Gasteiger partial charge >= 0.3 is 0 Å². The molecule has 0 atom stereocenters. The van der Waals surface area contributed by atoms with Crippen molar-refractivity contribution in [1.82, 2.24) is 0 Å². The third-order valence-corrected chi connectivity index (χ3v) is 5.14. The number of hydrogen-bond donors (Lipinski definition) is 2. The van der Waals surface area contributed by atoms with Gasteiger partial charge in [-0.15, -0.1) is 0 Å². The van der Waals surface area contributed by atoms with Crippen LogP contribution in [0.25, 0.3) is 0 Å². The number of carbonyl (C=O) groups excluding carboxylic acids is 1. The summed E-state index contributed by atoms with van der Waals surface area (Å²) in [5, 5.41) is 0.293. The van der Waals surface area contributed by atoms with E-state index in [2.05, 4.69) is 4.72 Å². The first kappa shape index (κ1) is 18.3. The summed E-state index contributed by atoms with van der Waals surface area (Å²) in [4.78, 5) is 11.6. The molecule has 1 amide bonds. The molecule has 2 aromatic carbocycles. The number of nitrogens with one attached hydrogen (secondary N) is 1. The van der Waals surface area contributed by atoms with E-state index >= 15 is 0 Å². The molecule has 7 heteroatoms. The van der Waals surface area contributed by atoms with E-state index in [9.17, 15) is 13.2 Å². The minimum atomic E-state index is -3.85. The highest BCUT2D eigenvalue weighted by Crippen LogP contribution is 2.26. The number of anilines is 1. The maximum atomic E-state index is 12.5. The van der Waals surface area contributed by atoms with E-state index in [0.29, 0.717) is 5.02 Å². The maximum Gasteiger partial charge on any atom is 0.261 e. The molecule has 0 saturated heterocycles. The third-order valence-electron chi connectivity index (χ3n) is 3.52. The van der Waals surface area contributed by atoms with Crippen molar-refractivity contribution in [2.24, 2.45) is 5.73 Å². The summed E-state index contributed by atoms with van der Waals surface area (Å²) < 4.78 is 27.4. The fourth-order valence-electron chi connectivity index (χ4n) is 2.15. The van der Waals surface area contributed by atoms with Gasteiger partial charge in [-0.2, -0.15) is 0 Å². The van der Waals surface area contributed by atoms with Crippen molar-refractivity contribution in [3.8, 4) is 0 Å². The van der Waals surface area contributed by atoms with Gasteiger partial charge < -0.3 is 5.73 Å². The van der Waals surface area contributed by atoms with E-state index in [4.69, 9.17) is 17.3 Å². The SMILES string of the molecule is CC(C)(C)c1ccc(S(=O)(=O)Nc2ccc(Cl)cc2C(N)=O)cc1. The maximum absolute atomic E-state index is 12.5. The summed E-state index contributed by atoms with van der Waals surface area (Å²) in [5.41, 5.74) is 6.32. The molecule has 5 nitrogen and oxygen atoms in total. The number of hydrogen-bond acceptors (Lipinski definition) is 3. The molecule has 0 heterocycles. The minimum Gasteiger partial charge on any atom is -0.366 e. The van der Waals surface area contributed by atoms with Crippen molar-refractivity contribution in [3.63, 3.8) is 0 Å². The first-order valence-corrected chi connectivity index (χ1v) is 9.09. The van der Waals surface area contributed by atoms with Crippen molar-refractivity contribution in [2.45, 2.75) is 31.1 Å². The van der Waals surface area contributed by atoms with Crippen molar-refractivity contribution in [2.75, 3.05) is 4.72 Å². The van der Waals surface area contributed by atoms with Crippen LogP contribution in [0.2, 0.25) is 5.02 Å². The summed E-state index contributed by atoms with van der Waals surface area (Å²) in [7, 11) is -3.85.